The first kappa shape index (κ1) is 14.7. The Balaban J connectivity index is 1.59. The highest BCUT2D eigenvalue weighted by Crippen LogP contribution is 2.41. The average Bonchev–Trinajstić information content (AvgIpc) is 3.21. The van der Waals surface area contributed by atoms with Crippen LogP contribution in [0.4, 0.5) is 5.82 Å². The summed E-state index contributed by atoms with van der Waals surface area (Å²) in [7, 11) is 0. The fraction of sp³-hybridized carbons (Fsp3) is 0.368. The summed E-state index contributed by atoms with van der Waals surface area (Å²) in [6, 6.07) is 5.85. The van der Waals surface area contributed by atoms with Crippen LogP contribution in [0.1, 0.15) is 24.0 Å². The lowest BCUT2D eigenvalue weighted by atomic mass is 9.88. The summed E-state index contributed by atoms with van der Waals surface area (Å²) in [5.41, 5.74) is 4.06. The minimum Gasteiger partial charge on any atom is -0.506 e. The molecule has 128 valence electrons. The number of aromatic nitrogens is 2. The molecule has 1 aliphatic carbocycles. The number of aliphatic hydroxyl groups is 1. The summed E-state index contributed by atoms with van der Waals surface area (Å²) in [5, 5.41) is 30.1. The van der Waals surface area contributed by atoms with Crippen LogP contribution in [0.25, 0.3) is 22.2 Å². The minimum atomic E-state index is -0.262. The van der Waals surface area contributed by atoms with Crippen LogP contribution in [-0.4, -0.2) is 39.1 Å². The molecule has 6 nitrogen and oxygen atoms in total. The number of hydrogen-bond acceptors (Lipinski definition) is 6. The van der Waals surface area contributed by atoms with E-state index in [1.54, 1.807) is 12.3 Å². The van der Waals surface area contributed by atoms with Gasteiger partial charge in [0.05, 0.1) is 29.5 Å². The zero-order chi connectivity index (χ0) is 17.1. The van der Waals surface area contributed by atoms with Gasteiger partial charge in [-0.05, 0) is 49.9 Å². The van der Waals surface area contributed by atoms with Crippen LogP contribution in [0.2, 0.25) is 0 Å². The van der Waals surface area contributed by atoms with Gasteiger partial charge in [0, 0.05) is 17.7 Å². The number of aromatic hydroxyl groups is 1. The Bertz CT molecular complexity index is 981. The number of phenols is 1. The lowest BCUT2D eigenvalue weighted by Crippen LogP contribution is -2.50. The van der Waals surface area contributed by atoms with Crippen molar-refractivity contribution in [2.75, 3.05) is 11.4 Å². The molecule has 2 aromatic heterocycles. The number of aliphatic hydroxyl groups excluding tert-OH is 1. The molecule has 0 radical (unpaired) electrons. The third kappa shape index (κ3) is 2.07. The van der Waals surface area contributed by atoms with Gasteiger partial charge in [-0.25, -0.2) is 0 Å². The van der Waals surface area contributed by atoms with E-state index in [4.69, 9.17) is 4.42 Å². The molecule has 2 atom stereocenters. The van der Waals surface area contributed by atoms with Crippen LogP contribution in [-0.2, 0) is 6.42 Å². The molecule has 1 aromatic carbocycles. The van der Waals surface area contributed by atoms with Crippen molar-refractivity contribution in [3.8, 4) is 17.0 Å². The summed E-state index contributed by atoms with van der Waals surface area (Å²) in [4.78, 5) is 2.17. The van der Waals surface area contributed by atoms with E-state index in [2.05, 4.69) is 15.1 Å². The van der Waals surface area contributed by atoms with Crippen molar-refractivity contribution < 1.29 is 14.6 Å². The maximum atomic E-state index is 10.7. The molecule has 6 heteroatoms. The van der Waals surface area contributed by atoms with Crippen LogP contribution < -0.4 is 4.90 Å². The van der Waals surface area contributed by atoms with Crippen molar-refractivity contribution in [2.45, 2.75) is 38.3 Å². The lowest BCUT2D eigenvalue weighted by molar-refractivity contribution is 0.0650. The second-order valence-electron chi connectivity index (χ2n) is 6.98. The van der Waals surface area contributed by atoms with Gasteiger partial charge >= 0.3 is 0 Å². The van der Waals surface area contributed by atoms with E-state index >= 15 is 0 Å². The second-order valence-corrected chi connectivity index (χ2v) is 6.98. The van der Waals surface area contributed by atoms with Crippen LogP contribution >= 0.6 is 0 Å². The molecule has 1 aliphatic heterocycles. The Morgan fingerprint density at radius 1 is 1.24 bits per heavy atom. The monoisotopic (exact) mass is 337 g/mol. The Hall–Kier alpha value is -2.60. The molecule has 25 heavy (non-hydrogen) atoms. The number of hydrogen-bond donors (Lipinski definition) is 2. The standard InChI is InChI=1S/C19H19N3O3/c1-10-8-16-12(5-7-25-16)18(24)17(10)13-9-11-4-6-22(19(11)21-20-13)14-2-3-15(14)23/h5,7-9,14-15,23-24H,2-4,6H2,1H3/t14-,15-/m1/s1. The van der Waals surface area contributed by atoms with Crippen molar-refractivity contribution in [3.63, 3.8) is 0 Å². The van der Waals surface area contributed by atoms with Gasteiger partial charge in [-0.2, -0.15) is 0 Å². The third-order valence-corrected chi connectivity index (χ3v) is 5.53. The molecule has 0 amide bonds. The van der Waals surface area contributed by atoms with Gasteiger partial charge in [-0.15, -0.1) is 10.2 Å². The van der Waals surface area contributed by atoms with E-state index in [1.165, 1.54) is 0 Å². The minimum absolute atomic E-state index is 0.166. The molecule has 1 saturated carbocycles. The molecule has 0 bridgehead atoms. The van der Waals surface area contributed by atoms with E-state index in [-0.39, 0.29) is 17.9 Å². The molecular formula is C19H19N3O3. The molecule has 2 aliphatic rings. The molecule has 5 rings (SSSR count). The van der Waals surface area contributed by atoms with Gasteiger partial charge in [0.2, 0.25) is 0 Å². The summed E-state index contributed by atoms with van der Waals surface area (Å²) in [5.74, 6) is 1.05. The van der Waals surface area contributed by atoms with E-state index in [1.807, 2.05) is 19.1 Å². The van der Waals surface area contributed by atoms with Gasteiger partial charge in [0.1, 0.15) is 11.3 Å². The Morgan fingerprint density at radius 2 is 2.12 bits per heavy atom. The first-order valence-corrected chi connectivity index (χ1v) is 8.65. The summed E-state index contributed by atoms with van der Waals surface area (Å²) in [6.45, 7) is 2.80. The van der Waals surface area contributed by atoms with E-state index in [9.17, 15) is 10.2 Å². The van der Waals surface area contributed by atoms with E-state index in [0.717, 1.165) is 42.8 Å². The maximum Gasteiger partial charge on any atom is 0.154 e. The number of phenolic OH excluding ortho intramolecular Hbond substituents is 1. The maximum absolute atomic E-state index is 10.7. The van der Waals surface area contributed by atoms with Crippen LogP contribution in [0.5, 0.6) is 5.75 Å². The molecule has 3 aromatic rings. The zero-order valence-corrected chi connectivity index (χ0v) is 13.9. The van der Waals surface area contributed by atoms with Crippen molar-refractivity contribution >= 4 is 16.8 Å². The number of nitrogens with zero attached hydrogens (tertiary/aromatic N) is 3. The Morgan fingerprint density at radius 3 is 2.88 bits per heavy atom. The Kier molecular flexibility index (Phi) is 3.06. The van der Waals surface area contributed by atoms with Crippen molar-refractivity contribution in [1.82, 2.24) is 10.2 Å². The van der Waals surface area contributed by atoms with E-state index in [0.29, 0.717) is 22.2 Å². The van der Waals surface area contributed by atoms with Gasteiger partial charge in [-0.3, -0.25) is 0 Å². The number of aryl methyl sites for hydroxylation is 1. The topological polar surface area (TPSA) is 82.6 Å². The fourth-order valence-corrected chi connectivity index (χ4v) is 4.01. The first-order valence-electron chi connectivity index (χ1n) is 8.65. The number of rotatable bonds is 2. The van der Waals surface area contributed by atoms with Crippen LogP contribution in [0.3, 0.4) is 0 Å². The van der Waals surface area contributed by atoms with Crippen molar-refractivity contribution in [2.24, 2.45) is 0 Å². The van der Waals surface area contributed by atoms with Gasteiger partial charge in [0.25, 0.3) is 0 Å². The summed E-state index contributed by atoms with van der Waals surface area (Å²) in [6.07, 6.45) is 4.06. The van der Waals surface area contributed by atoms with Crippen LogP contribution in [0.15, 0.2) is 28.9 Å². The quantitative estimate of drug-likeness (QED) is 0.748. The predicted octanol–water partition coefficient (Wildman–Crippen LogP) is 2.79. The van der Waals surface area contributed by atoms with Crippen molar-refractivity contribution in [1.29, 1.82) is 0 Å². The van der Waals surface area contributed by atoms with Gasteiger partial charge in [0.15, 0.2) is 5.82 Å². The molecular weight excluding hydrogens is 318 g/mol. The second kappa shape index (κ2) is 5.20. The molecule has 1 fully saturated rings. The molecule has 0 spiro atoms. The third-order valence-electron chi connectivity index (χ3n) is 5.53. The molecule has 3 heterocycles. The van der Waals surface area contributed by atoms with Gasteiger partial charge < -0.3 is 19.5 Å². The summed E-state index contributed by atoms with van der Waals surface area (Å²) < 4.78 is 5.39. The molecule has 2 N–H and O–H groups in total. The van der Waals surface area contributed by atoms with E-state index < -0.39 is 0 Å². The normalized spacial score (nSPS) is 22.2. The summed E-state index contributed by atoms with van der Waals surface area (Å²) >= 11 is 0. The number of furan rings is 1. The first-order chi connectivity index (χ1) is 12.1. The SMILES string of the molecule is Cc1cc2occc2c(O)c1-c1cc2c(nn1)N([C@@H]1CC[C@H]1O)CC2. The lowest BCUT2D eigenvalue weighted by Gasteiger charge is -2.40. The highest BCUT2D eigenvalue weighted by atomic mass is 16.3. The number of benzene rings is 1. The zero-order valence-electron chi connectivity index (χ0n) is 13.9. The fourth-order valence-electron chi connectivity index (χ4n) is 4.01. The number of fused-ring (bicyclic) bond motifs is 2. The average molecular weight is 337 g/mol. The van der Waals surface area contributed by atoms with Crippen molar-refractivity contribution in [3.05, 3.63) is 35.6 Å². The number of anilines is 1. The highest BCUT2D eigenvalue weighted by molar-refractivity contribution is 5.93. The highest BCUT2D eigenvalue weighted by Gasteiger charge is 2.38. The predicted molar refractivity (Wildman–Crippen MR) is 93.7 cm³/mol. The van der Waals surface area contributed by atoms with Gasteiger partial charge in [-0.1, -0.05) is 0 Å². The molecule has 0 saturated heterocycles. The smallest absolute Gasteiger partial charge is 0.154 e. The Labute approximate surface area is 144 Å². The van der Waals surface area contributed by atoms with Crippen LogP contribution in [0, 0.1) is 6.92 Å². The largest absolute Gasteiger partial charge is 0.506 e. The molecule has 0 unspecified atom stereocenters.